The Hall–Kier alpha value is -4.95. The second kappa shape index (κ2) is 8.82. The number of hydrogen-bond acceptors (Lipinski definition) is 2. The van der Waals surface area contributed by atoms with Gasteiger partial charge in [-0.25, -0.2) is 0 Å². The summed E-state index contributed by atoms with van der Waals surface area (Å²) >= 11 is 0. The number of pyridine rings is 1. The van der Waals surface area contributed by atoms with Crippen LogP contribution in [-0.4, -0.2) is 4.98 Å². The molecule has 2 heteroatoms. The van der Waals surface area contributed by atoms with Crippen LogP contribution in [0.1, 0.15) is 11.1 Å². The van der Waals surface area contributed by atoms with Crippen molar-refractivity contribution in [1.82, 2.24) is 4.98 Å². The molecule has 0 radical (unpaired) electrons. The third-order valence-corrected chi connectivity index (χ3v) is 8.14. The highest BCUT2D eigenvalue weighted by Gasteiger charge is 2.26. The Labute approximate surface area is 227 Å². The molecular formula is C37H26N2. The highest BCUT2D eigenvalue weighted by molar-refractivity contribution is 6.21. The van der Waals surface area contributed by atoms with Crippen molar-refractivity contribution in [3.8, 4) is 11.1 Å². The monoisotopic (exact) mass is 498 g/mol. The van der Waals surface area contributed by atoms with Crippen molar-refractivity contribution in [2.24, 2.45) is 0 Å². The van der Waals surface area contributed by atoms with E-state index in [4.69, 9.17) is 4.98 Å². The van der Waals surface area contributed by atoms with Gasteiger partial charge in [-0.3, -0.25) is 4.98 Å². The number of para-hydroxylation sites is 2. The van der Waals surface area contributed by atoms with Crippen LogP contribution in [0.3, 0.4) is 0 Å². The highest BCUT2D eigenvalue weighted by Crippen LogP contribution is 2.49. The highest BCUT2D eigenvalue weighted by atomic mass is 15.2. The van der Waals surface area contributed by atoms with Crippen LogP contribution >= 0.6 is 0 Å². The van der Waals surface area contributed by atoms with Gasteiger partial charge in [0.2, 0.25) is 0 Å². The molecule has 0 bridgehead atoms. The van der Waals surface area contributed by atoms with Crippen LogP contribution in [0, 0.1) is 0 Å². The molecule has 6 aromatic carbocycles. The molecule has 2 heterocycles. The standard InChI is InChI=1S/C37H26N2/c1-2-13-28-24-29(22-19-25(28)10-1)35-30-14-5-6-15-31(30)37(32-16-9-23-38-36(32)35)39-33-17-7-3-11-26(33)20-21-27-12-4-8-18-34(27)39/h1-19,22-24H,20-21H2. The molecule has 7 aromatic rings. The number of rotatable bonds is 2. The smallest absolute Gasteiger partial charge is 0.0807 e. The molecule has 0 atom stereocenters. The van der Waals surface area contributed by atoms with E-state index in [-0.39, 0.29) is 0 Å². The van der Waals surface area contributed by atoms with Gasteiger partial charge in [0, 0.05) is 33.9 Å². The maximum Gasteiger partial charge on any atom is 0.0807 e. The fourth-order valence-electron chi connectivity index (χ4n) is 6.37. The second-order valence-electron chi connectivity index (χ2n) is 10.3. The quantitative estimate of drug-likeness (QED) is 0.221. The molecule has 0 unspecified atom stereocenters. The first-order chi connectivity index (χ1) is 19.4. The van der Waals surface area contributed by atoms with Gasteiger partial charge in [0.25, 0.3) is 0 Å². The maximum atomic E-state index is 5.05. The molecule has 8 rings (SSSR count). The van der Waals surface area contributed by atoms with Crippen LogP contribution in [0.25, 0.3) is 43.6 Å². The van der Waals surface area contributed by atoms with Crippen LogP contribution < -0.4 is 4.90 Å². The van der Waals surface area contributed by atoms with Crippen molar-refractivity contribution >= 4 is 49.5 Å². The number of hydrogen-bond donors (Lipinski definition) is 0. The molecule has 0 saturated heterocycles. The average molecular weight is 499 g/mol. The Morgan fingerprint density at radius 2 is 1.13 bits per heavy atom. The number of fused-ring (bicyclic) bond motifs is 5. The summed E-state index contributed by atoms with van der Waals surface area (Å²) in [5.74, 6) is 0. The largest absolute Gasteiger partial charge is 0.309 e. The predicted octanol–water partition coefficient (Wildman–Crippen LogP) is 9.78. The SMILES string of the molecule is c1ccc2c(c1)CCc1ccccc1N2c1c2ccccc2c(-c2ccc3ccccc3c2)c2ncccc12. The van der Waals surface area contributed by atoms with Crippen LogP contribution in [0.2, 0.25) is 0 Å². The third-order valence-electron chi connectivity index (χ3n) is 8.14. The fraction of sp³-hybridized carbons (Fsp3) is 0.0541. The molecular weight excluding hydrogens is 472 g/mol. The summed E-state index contributed by atoms with van der Waals surface area (Å²) in [6.07, 6.45) is 3.97. The molecule has 1 aliphatic heterocycles. The van der Waals surface area contributed by atoms with Crippen LogP contribution in [-0.2, 0) is 12.8 Å². The van der Waals surface area contributed by atoms with E-state index in [0.717, 1.165) is 23.7 Å². The van der Waals surface area contributed by atoms with E-state index in [1.165, 1.54) is 60.9 Å². The molecule has 0 saturated carbocycles. The molecule has 0 fully saturated rings. The van der Waals surface area contributed by atoms with Crippen molar-refractivity contribution in [2.45, 2.75) is 12.8 Å². The lowest BCUT2D eigenvalue weighted by Gasteiger charge is -2.30. The molecule has 1 aromatic heterocycles. The molecule has 0 amide bonds. The van der Waals surface area contributed by atoms with Gasteiger partial charge in [-0.1, -0.05) is 97.1 Å². The topological polar surface area (TPSA) is 16.1 Å². The summed E-state index contributed by atoms with van der Waals surface area (Å²) in [7, 11) is 0. The lowest BCUT2D eigenvalue weighted by molar-refractivity contribution is 0.977. The van der Waals surface area contributed by atoms with E-state index in [1.54, 1.807) is 0 Å². The van der Waals surface area contributed by atoms with Gasteiger partial charge in [-0.2, -0.15) is 0 Å². The summed E-state index contributed by atoms with van der Waals surface area (Å²) < 4.78 is 0. The van der Waals surface area contributed by atoms with E-state index in [0.29, 0.717) is 0 Å². The Kier molecular flexibility index (Phi) is 4.99. The van der Waals surface area contributed by atoms with Gasteiger partial charge >= 0.3 is 0 Å². The molecule has 0 spiro atoms. The van der Waals surface area contributed by atoms with Crippen molar-refractivity contribution in [1.29, 1.82) is 0 Å². The van der Waals surface area contributed by atoms with Crippen LogP contribution in [0.4, 0.5) is 17.1 Å². The summed E-state index contributed by atoms with van der Waals surface area (Å²) in [5.41, 5.74) is 9.83. The Morgan fingerprint density at radius 1 is 0.513 bits per heavy atom. The zero-order chi connectivity index (χ0) is 25.8. The predicted molar refractivity (Wildman–Crippen MR) is 164 cm³/mol. The molecule has 2 nitrogen and oxygen atoms in total. The Bertz CT molecular complexity index is 1930. The Balaban J connectivity index is 1.52. The van der Waals surface area contributed by atoms with Gasteiger partial charge in [0.15, 0.2) is 0 Å². The molecule has 1 aliphatic rings. The number of benzene rings is 6. The number of nitrogens with zero attached hydrogens (tertiary/aromatic N) is 2. The number of aryl methyl sites for hydroxylation is 2. The van der Waals surface area contributed by atoms with Crippen LogP contribution in [0.15, 0.2) is 134 Å². The first-order valence-corrected chi connectivity index (χ1v) is 13.6. The van der Waals surface area contributed by atoms with Gasteiger partial charge in [0.05, 0.1) is 11.2 Å². The summed E-state index contributed by atoms with van der Waals surface area (Å²) in [6.45, 7) is 0. The van der Waals surface area contributed by atoms with E-state index < -0.39 is 0 Å². The number of aromatic nitrogens is 1. The van der Waals surface area contributed by atoms with Gasteiger partial charge in [0.1, 0.15) is 0 Å². The zero-order valence-electron chi connectivity index (χ0n) is 21.5. The fourth-order valence-corrected chi connectivity index (χ4v) is 6.37. The summed E-state index contributed by atoms with van der Waals surface area (Å²) in [6, 6.07) is 46.2. The second-order valence-corrected chi connectivity index (χ2v) is 10.3. The minimum atomic E-state index is 1.02. The average Bonchev–Trinajstić information content (AvgIpc) is 3.16. The molecule has 184 valence electrons. The van der Waals surface area contributed by atoms with Crippen molar-refractivity contribution in [3.63, 3.8) is 0 Å². The van der Waals surface area contributed by atoms with Gasteiger partial charge < -0.3 is 4.90 Å². The maximum absolute atomic E-state index is 5.05. The van der Waals surface area contributed by atoms with E-state index in [9.17, 15) is 0 Å². The lowest BCUT2D eigenvalue weighted by Crippen LogP contribution is -2.13. The minimum absolute atomic E-state index is 1.02. The molecule has 0 N–H and O–H groups in total. The Morgan fingerprint density at radius 3 is 1.90 bits per heavy atom. The first kappa shape index (κ1) is 22.1. The summed E-state index contributed by atoms with van der Waals surface area (Å²) in [5, 5.41) is 6.09. The third kappa shape index (κ3) is 3.45. The van der Waals surface area contributed by atoms with Gasteiger partial charge in [-0.15, -0.1) is 0 Å². The number of anilines is 3. The van der Waals surface area contributed by atoms with Crippen molar-refractivity contribution in [3.05, 3.63) is 145 Å². The normalized spacial score (nSPS) is 12.9. The minimum Gasteiger partial charge on any atom is -0.309 e. The van der Waals surface area contributed by atoms with E-state index in [1.807, 2.05) is 6.20 Å². The van der Waals surface area contributed by atoms with Crippen molar-refractivity contribution < 1.29 is 0 Å². The van der Waals surface area contributed by atoms with Gasteiger partial charge in [-0.05, 0) is 76.0 Å². The first-order valence-electron chi connectivity index (χ1n) is 13.6. The zero-order valence-corrected chi connectivity index (χ0v) is 21.5. The summed E-state index contributed by atoms with van der Waals surface area (Å²) in [4.78, 5) is 7.55. The van der Waals surface area contributed by atoms with E-state index in [2.05, 4.69) is 132 Å². The molecule has 0 aliphatic carbocycles. The lowest BCUT2D eigenvalue weighted by atomic mass is 9.91. The van der Waals surface area contributed by atoms with Crippen LogP contribution in [0.5, 0.6) is 0 Å². The van der Waals surface area contributed by atoms with Crippen molar-refractivity contribution in [2.75, 3.05) is 4.90 Å². The molecule has 39 heavy (non-hydrogen) atoms. The van der Waals surface area contributed by atoms with E-state index >= 15 is 0 Å².